The van der Waals surface area contributed by atoms with E-state index < -0.39 is 0 Å². The Hall–Kier alpha value is -0.530. The van der Waals surface area contributed by atoms with Gasteiger partial charge in [0.2, 0.25) is 0 Å². The molecule has 0 saturated heterocycles. The van der Waals surface area contributed by atoms with E-state index in [1.165, 1.54) is 23.1 Å². The fraction of sp³-hybridized carbons (Fsp3) is 0.600. The maximum Gasteiger partial charge on any atom is 0.0438 e. The van der Waals surface area contributed by atoms with Crippen molar-refractivity contribution in [1.29, 1.82) is 0 Å². The molecule has 1 aromatic carbocycles. The van der Waals surface area contributed by atoms with Gasteiger partial charge >= 0.3 is 0 Å². The molecule has 1 aliphatic rings. The second kappa shape index (κ2) is 4.29. The summed E-state index contributed by atoms with van der Waals surface area (Å²) < 4.78 is 0. The maximum atomic E-state index is 6.16. The summed E-state index contributed by atoms with van der Waals surface area (Å²) in [6, 6.07) is 4.79. The lowest BCUT2D eigenvalue weighted by Crippen LogP contribution is -2.21. The first-order chi connectivity index (χ1) is 7.86. The van der Waals surface area contributed by atoms with Crippen molar-refractivity contribution in [3.63, 3.8) is 0 Å². The zero-order valence-electron chi connectivity index (χ0n) is 11.4. The molecule has 1 aromatic rings. The molecule has 1 fully saturated rings. The number of hydrogen-bond acceptors (Lipinski definition) is 1. The van der Waals surface area contributed by atoms with Crippen molar-refractivity contribution in [3.05, 3.63) is 33.8 Å². The van der Waals surface area contributed by atoms with Crippen molar-refractivity contribution < 1.29 is 0 Å². The van der Waals surface area contributed by atoms with E-state index in [0.29, 0.717) is 11.5 Å². The van der Waals surface area contributed by atoms with Gasteiger partial charge in [-0.2, -0.15) is 0 Å². The van der Waals surface area contributed by atoms with Gasteiger partial charge < -0.3 is 5.32 Å². The van der Waals surface area contributed by atoms with Gasteiger partial charge in [-0.3, -0.25) is 0 Å². The summed E-state index contributed by atoms with van der Waals surface area (Å²) in [7, 11) is 2.06. The average molecular weight is 252 g/mol. The molecular weight excluding hydrogens is 230 g/mol. The predicted molar refractivity (Wildman–Crippen MR) is 74.6 cm³/mol. The molecule has 1 N–H and O–H groups in total. The van der Waals surface area contributed by atoms with Gasteiger partial charge in [-0.15, -0.1) is 0 Å². The molecule has 0 heterocycles. The number of aryl methyl sites for hydroxylation is 2. The van der Waals surface area contributed by atoms with Crippen LogP contribution in [0.3, 0.4) is 0 Å². The first kappa shape index (κ1) is 12.9. The second-order valence-corrected chi connectivity index (χ2v) is 6.43. The highest BCUT2D eigenvalue weighted by atomic mass is 35.5. The Bertz CT molecular complexity index is 437. The predicted octanol–water partition coefficient (Wildman–Crippen LogP) is 4.26. The molecule has 17 heavy (non-hydrogen) atoms. The molecule has 1 saturated carbocycles. The number of benzene rings is 1. The molecule has 94 valence electrons. The lowest BCUT2D eigenvalue weighted by molar-refractivity contribution is 0.439. The van der Waals surface area contributed by atoms with Crippen LogP contribution in [0.4, 0.5) is 0 Å². The van der Waals surface area contributed by atoms with Crippen LogP contribution in [0.25, 0.3) is 0 Å². The summed E-state index contributed by atoms with van der Waals surface area (Å²) in [5, 5.41) is 4.35. The van der Waals surface area contributed by atoms with Crippen LogP contribution in [0, 0.1) is 25.2 Å². The number of rotatable bonds is 3. The highest BCUT2D eigenvalue weighted by Gasteiger charge is 2.50. The zero-order valence-corrected chi connectivity index (χ0v) is 12.2. The molecule has 2 rings (SSSR count). The molecular formula is C15H22ClN. The van der Waals surface area contributed by atoms with Crippen LogP contribution in [0.2, 0.25) is 5.02 Å². The van der Waals surface area contributed by atoms with Crippen LogP contribution in [0.5, 0.6) is 0 Å². The lowest BCUT2D eigenvalue weighted by atomic mass is 9.92. The molecule has 1 aliphatic carbocycles. The average Bonchev–Trinajstić information content (AvgIpc) is 2.84. The molecule has 0 aromatic heterocycles. The largest absolute Gasteiger partial charge is 0.313 e. The van der Waals surface area contributed by atoms with Crippen LogP contribution in [-0.2, 0) is 0 Å². The molecule has 0 spiro atoms. The van der Waals surface area contributed by atoms with Gasteiger partial charge in [-0.05, 0) is 61.4 Å². The minimum absolute atomic E-state index is 0.459. The van der Waals surface area contributed by atoms with Crippen molar-refractivity contribution in [2.75, 3.05) is 7.05 Å². The minimum Gasteiger partial charge on any atom is -0.313 e. The summed E-state index contributed by atoms with van der Waals surface area (Å²) in [6.45, 7) is 8.93. The Balaban J connectivity index is 2.35. The van der Waals surface area contributed by atoms with Crippen molar-refractivity contribution in [3.8, 4) is 0 Å². The normalized spacial score (nSPS) is 23.5. The van der Waals surface area contributed by atoms with E-state index >= 15 is 0 Å². The summed E-state index contributed by atoms with van der Waals surface area (Å²) in [5.74, 6) is 0.742. The molecule has 0 radical (unpaired) electrons. The summed E-state index contributed by atoms with van der Waals surface area (Å²) in [6.07, 6.45) is 1.31. The van der Waals surface area contributed by atoms with E-state index in [1.54, 1.807) is 0 Å². The molecule has 1 nitrogen and oxygen atoms in total. The Kier molecular flexibility index (Phi) is 3.26. The Labute approximate surface area is 110 Å². The summed E-state index contributed by atoms with van der Waals surface area (Å²) in [5.41, 5.74) is 4.35. The monoisotopic (exact) mass is 251 g/mol. The van der Waals surface area contributed by atoms with Crippen LogP contribution >= 0.6 is 11.6 Å². The topological polar surface area (TPSA) is 12.0 Å². The van der Waals surface area contributed by atoms with Crippen LogP contribution in [-0.4, -0.2) is 7.05 Å². The van der Waals surface area contributed by atoms with Crippen molar-refractivity contribution >= 4 is 11.6 Å². The first-order valence-corrected chi connectivity index (χ1v) is 6.68. The standard InChI is InChI=1S/C15H22ClN/c1-9-7-13(16)10(2)6-11(9)14(17-5)12-8-15(12,3)4/h6-7,12,14,17H,8H2,1-5H3. The van der Waals surface area contributed by atoms with Crippen LogP contribution < -0.4 is 5.32 Å². The van der Waals surface area contributed by atoms with Gasteiger partial charge in [-0.25, -0.2) is 0 Å². The fourth-order valence-corrected chi connectivity index (χ4v) is 3.01. The number of nitrogens with one attached hydrogen (secondary N) is 1. The van der Waals surface area contributed by atoms with Crippen molar-refractivity contribution in [2.24, 2.45) is 11.3 Å². The molecule has 0 aliphatic heterocycles. The van der Waals surface area contributed by atoms with Gasteiger partial charge in [0.05, 0.1) is 0 Å². The van der Waals surface area contributed by atoms with Gasteiger partial charge in [-0.1, -0.05) is 31.5 Å². The number of halogens is 1. The van der Waals surface area contributed by atoms with Gasteiger partial charge in [0, 0.05) is 11.1 Å². The molecule has 0 bridgehead atoms. The lowest BCUT2D eigenvalue weighted by Gasteiger charge is -2.21. The van der Waals surface area contributed by atoms with E-state index in [-0.39, 0.29) is 0 Å². The Morgan fingerprint density at radius 1 is 1.29 bits per heavy atom. The van der Waals surface area contributed by atoms with Crippen molar-refractivity contribution in [2.45, 2.75) is 40.2 Å². The van der Waals surface area contributed by atoms with E-state index in [2.05, 4.69) is 52.2 Å². The smallest absolute Gasteiger partial charge is 0.0438 e. The Morgan fingerprint density at radius 2 is 1.88 bits per heavy atom. The third-order valence-electron chi connectivity index (χ3n) is 4.19. The van der Waals surface area contributed by atoms with E-state index in [4.69, 9.17) is 11.6 Å². The molecule has 0 amide bonds. The second-order valence-electron chi connectivity index (χ2n) is 6.02. The summed E-state index contributed by atoms with van der Waals surface area (Å²) in [4.78, 5) is 0. The van der Waals surface area contributed by atoms with E-state index in [0.717, 1.165) is 10.9 Å². The SMILES string of the molecule is CNC(c1cc(C)c(Cl)cc1C)C1CC1(C)C. The number of hydrogen-bond donors (Lipinski definition) is 1. The molecule has 2 unspecified atom stereocenters. The van der Waals surface area contributed by atoms with Crippen molar-refractivity contribution in [1.82, 2.24) is 5.32 Å². The molecule has 2 atom stereocenters. The first-order valence-electron chi connectivity index (χ1n) is 6.30. The molecule has 2 heteroatoms. The zero-order chi connectivity index (χ0) is 12.8. The van der Waals surface area contributed by atoms with E-state index in [1.807, 2.05) is 0 Å². The maximum absolute atomic E-state index is 6.16. The van der Waals surface area contributed by atoms with Crippen LogP contribution in [0.15, 0.2) is 12.1 Å². The highest BCUT2D eigenvalue weighted by molar-refractivity contribution is 6.31. The van der Waals surface area contributed by atoms with Gasteiger partial charge in [0.25, 0.3) is 0 Å². The van der Waals surface area contributed by atoms with Gasteiger partial charge in [0.1, 0.15) is 0 Å². The third kappa shape index (κ3) is 2.36. The third-order valence-corrected chi connectivity index (χ3v) is 4.59. The van der Waals surface area contributed by atoms with Gasteiger partial charge in [0.15, 0.2) is 0 Å². The fourth-order valence-electron chi connectivity index (χ4n) is 2.79. The summed E-state index contributed by atoms with van der Waals surface area (Å²) >= 11 is 6.16. The quantitative estimate of drug-likeness (QED) is 0.846. The minimum atomic E-state index is 0.459. The van der Waals surface area contributed by atoms with E-state index in [9.17, 15) is 0 Å². The highest BCUT2D eigenvalue weighted by Crippen LogP contribution is 2.58. The Morgan fingerprint density at radius 3 is 2.35 bits per heavy atom. The van der Waals surface area contributed by atoms with Crippen LogP contribution in [0.1, 0.15) is 43.0 Å².